The van der Waals surface area contributed by atoms with Gasteiger partial charge in [-0.1, -0.05) is 22.9 Å². The lowest BCUT2D eigenvalue weighted by atomic mass is 9.93. The number of furan rings is 1. The highest BCUT2D eigenvalue weighted by Gasteiger charge is 2.36. The second kappa shape index (κ2) is 12.5. The molecule has 0 fully saturated rings. The molecule has 1 amide bonds. The molecule has 2 aromatic carbocycles. The SMILES string of the molecule is CCN(CC)C(=O)C1=C(C)N=c2s/c(=C/c3ccc(-c4ccc(Cl)c([N+](=O)[O-])c4)o3)c(=O)n2[C@H]1c1cc(OC)ccc1OC. The van der Waals surface area contributed by atoms with Gasteiger partial charge in [-0.15, -0.1) is 0 Å². The molecule has 5 rings (SSSR count). The van der Waals surface area contributed by atoms with Crippen LogP contribution in [0.2, 0.25) is 5.02 Å². The van der Waals surface area contributed by atoms with Crippen molar-refractivity contribution in [3.63, 3.8) is 0 Å². The second-order valence-electron chi connectivity index (χ2n) is 9.79. The Morgan fingerprint density at radius 1 is 1.16 bits per heavy atom. The van der Waals surface area contributed by atoms with Crippen molar-refractivity contribution in [1.82, 2.24) is 9.47 Å². The van der Waals surface area contributed by atoms with Gasteiger partial charge >= 0.3 is 0 Å². The number of hydrogen-bond donors (Lipinski definition) is 0. The fourth-order valence-corrected chi connectivity index (χ4v) is 6.36. The van der Waals surface area contributed by atoms with Crippen molar-refractivity contribution in [2.75, 3.05) is 27.3 Å². The number of thiazole rings is 1. The maximum Gasteiger partial charge on any atom is 0.288 e. The first-order valence-corrected chi connectivity index (χ1v) is 14.9. The molecule has 0 N–H and O–H groups in total. The quantitative estimate of drug-likeness (QED) is 0.188. The van der Waals surface area contributed by atoms with Crippen molar-refractivity contribution in [1.29, 1.82) is 0 Å². The lowest BCUT2D eigenvalue weighted by molar-refractivity contribution is -0.384. The number of methoxy groups -OCH3 is 2. The normalized spacial score (nSPS) is 14.7. The summed E-state index contributed by atoms with van der Waals surface area (Å²) in [5.41, 5.74) is 1.28. The average molecular weight is 637 g/mol. The predicted octanol–water partition coefficient (Wildman–Crippen LogP) is 4.94. The molecule has 0 saturated heterocycles. The highest BCUT2D eigenvalue weighted by Crippen LogP contribution is 2.38. The highest BCUT2D eigenvalue weighted by atomic mass is 35.5. The van der Waals surface area contributed by atoms with Gasteiger partial charge in [-0.05, 0) is 63.2 Å². The van der Waals surface area contributed by atoms with Crippen molar-refractivity contribution in [2.45, 2.75) is 26.8 Å². The van der Waals surface area contributed by atoms with E-state index in [2.05, 4.69) is 0 Å². The maximum absolute atomic E-state index is 14.1. The third-order valence-corrected chi connectivity index (χ3v) is 8.66. The van der Waals surface area contributed by atoms with Crippen LogP contribution in [-0.2, 0) is 4.79 Å². The number of halogens is 1. The smallest absolute Gasteiger partial charge is 0.288 e. The van der Waals surface area contributed by atoms with Crippen LogP contribution in [0.25, 0.3) is 17.4 Å². The van der Waals surface area contributed by atoms with E-state index in [1.54, 1.807) is 61.4 Å². The number of ether oxygens (including phenoxy) is 2. The Morgan fingerprint density at radius 2 is 1.91 bits per heavy atom. The number of amides is 1. The number of carbonyl (C=O) groups is 1. The summed E-state index contributed by atoms with van der Waals surface area (Å²) in [6.45, 7) is 6.52. The largest absolute Gasteiger partial charge is 0.497 e. The molecule has 0 unspecified atom stereocenters. The van der Waals surface area contributed by atoms with Gasteiger partial charge < -0.3 is 18.8 Å². The van der Waals surface area contributed by atoms with Crippen LogP contribution in [0, 0.1) is 10.1 Å². The monoisotopic (exact) mass is 636 g/mol. The maximum atomic E-state index is 14.1. The van der Waals surface area contributed by atoms with Gasteiger partial charge in [0.25, 0.3) is 17.2 Å². The van der Waals surface area contributed by atoms with Gasteiger partial charge in [0.2, 0.25) is 0 Å². The van der Waals surface area contributed by atoms with E-state index in [-0.39, 0.29) is 22.2 Å². The molecular weight excluding hydrogens is 608 g/mol. The van der Waals surface area contributed by atoms with Crippen LogP contribution in [0.3, 0.4) is 0 Å². The van der Waals surface area contributed by atoms with Crippen LogP contribution in [-0.4, -0.2) is 47.6 Å². The number of rotatable bonds is 9. The molecule has 1 aliphatic heterocycles. The molecule has 13 heteroatoms. The van der Waals surface area contributed by atoms with Gasteiger partial charge in [0.15, 0.2) is 4.80 Å². The Balaban J connectivity index is 1.68. The molecule has 44 heavy (non-hydrogen) atoms. The number of likely N-dealkylation sites (N-methyl/N-ethyl adjacent to an activating group) is 1. The van der Waals surface area contributed by atoms with Crippen molar-refractivity contribution < 1.29 is 23.6 Å². The summed E-state index contributed by atoms with van der Waals surface area (Å²) in [6.07, 6.45) is 1.59. The van der Waals surface area contributed by atoms with Crippen molar-refractivity contribution in [3.8, 4) is 22.8 Å². The Morgan fingerprint density at radius 3 is 2.57 bits per heavy atom. The van der Waals surface area contributed by atoms with E-state index in [1.165, 1.54) is 23.8 Å². The summed E-state index contributed by atoms with van der Waals surface area (Å²) >= 11 is 7.12. The van der Waals surface area contributed by atoms with E-state index in [0.29, 0.717) is 67.8 Å². The summed E-state index contributed by atoms with van der Waals surface area (Å²) in [7, 11) is 3.07. The molecular formula is C31H29ClN4O7S. The number of fused-ring (bicyclic) bond motifs is 1. The Labute approximate surface area is 261 Å². The third-order valence-electron chi connectivity index (χ3n) is 7.36. The number of hydrogen-bond acceptors (Lipinski definition) is 9. The van der Waals surface area contributed by atoms with E-state index in [1.807, 2.05) is 13.8 Å². The minimum atomic E-state index is -0.840. The number of aromatic nitrogens is 1. The Hall–Kier alpha value is -4.68. The number of nitrogens with zero attached hydrogens (tertiary/aromatic N) is 4. The molecule has 0 aliphatic carbocycles. The summed E-state index contributed by atoms with van der Waals surface area (Å²) in [5.74, 6) is 1.52. The highest BCUT2D eigenvalue weighted by molar-refractivity contribution is 7.07. The van der Waals surface area contributed by atoms with E-state index < -0.39 is 11.0 Å². The zero-order valence-corrected chi connectivity index (χ0v) is 26.2. The van der Waals surface area contributed by atoms with Crippen molar-refractivity contribution >= 4 is 40.6 Å². The second-order valence-corrected chi connectivity index (χ2v) is 11.2. The van der Waals surface area contributed by atoms with Gasteiger partial charge in [0.05, 0.1) is 34.9 Å². The lowest BCUT2D eigenvalue weighted by Gasteiger charge is -2.30. The van der Waals surface area contributed by atoms with Gasteiger partial charge in [-0.3, -0.25) is 24.3 Å². The van der Waals surface area contributed by atoms with E-state index in [0.717, 1.165) is 11.3 Å². The molecule has 1 aliphatic rings. The van der Waals surface area contributed by atoms with Crippen LogP contribution in [0.1, 0.15) is 38.1 Å². The molecule has 3 heterocycles. The number of carbonyl (C=O) groups excluding carboxylic acids is 1. The van der Waals surface area contributed by atoms with Gasteiger partial charge in [0, 0.05) is 36.4 Å². The van der Waals surface area contributed by atoms with Gasteiger partial charge in [-0.25, -0.2) is 4.99 Å². The average Bonchev–Trinajstić information content (AvgIpc) is 3.60. The molecule has 2 aromatic heterocycles. The Kier molecular flexibility index (Phi) is 8.75. The number of allylic oxidation sites excluding steroid dienone is 1. The third kappa shape index (κ3) is 5.53. The molecule has 0 bridgehead atoms. The minimum Gasteiger partial charge on any atom is -0.497 e. The van der Waals surface area contributed by atoms with Crippen LogP contribution in [0.15, 0.2) is 74.0 Å². The van der Waals surface area contributed by atoms with Crippen LogP contribution < -0.4 is 24.4 Å². The number of nitro benzene ring substituents is 1. The number of nitro groups is 1. The topological polar surface area (TPSA) is 129 Å². The Bertz CT molecular complexity index is 1990. The molecule has 1 atom stereocenters. The van der Waals surface area contributed by atoms with Crippen LogP contribution in [0.5, 0.6) is 11.5 Å². The van der Waals surface area contributed by atoms with E-state index in [4.69, 9.17) is 30.5 Å². The van der Waals surface area contributed by atoms with Crippen molar-refractivity contribution in [3.05, 3.63) is 106 Å². The summed E-state index contributed by atoms with van der Waals surface area (Å²) in [4.78, 5) is 45.6. The predicted molar refractivity (Wildman–Crippen MR) is 167 cm³/mol. The number of benzene rings is 2. The molecule has 11 nitrogen and oxygen atoms in total. The fraction of sp³-hybridized carbons (Fsp3) is 0.258. The van der Waals surface area contributed by atoms with Crippen molar-refractivity contribution in [2.24, 2.45) is 4.99 Å². The minimum absolute atomic E-state index is 0.0167. The first-order chi connectivity index (χ1) is 21.1. The molecule has 228 valence electrons. The summed E-state index contributed by atoms with van der Waals surface area (Å²) in [5, 5.41) is 11.4. The zero-order chi connectivity index (χ0) is 31.7. The first kappa shape index (κ1) is 30.8. The van der Waals surface area contributed by atoms with Crippen LogP contribution in [0.4, 0.5) is 5.69 Å². The van der Waals surface area contributed by atoms with Crippen LogP contribution >= 0.6 is 22.9 Å². The summed E-state index contributed by atoms with van der Waals surface area (Å²) in [6, 6.07) is 12.1. The van der Waals surface area contributed by atoms with Gasteiger partial charge in [0.1, 0.15) is 34.1 Å². The zero-order valence-electron chi connectivity index (χ0n) is 24.6. The molecule has 0 spiro atoms. The molecule has 0 radical (unpaired) electrons. The van der Waals surface area contributed by atoms with E-state index >= 15 is 0 Å². The summed E-state index contributed by atoms with van der Waals surface area (Å²) < 4.78 is 19.0. The molecule has 4 aromatic rings. The fourth-order valence-electron chi connectivity index (χ4n) is 5.14. The molecule has 0 saturated carbocycles. The first-order valence-electron chi connectivity index (χ1n) is 13.7. The standard InChI is InChI=1S/C31H29ClN4O7S/c1-6-34(7-2)30(38)27-17(3)33-31-35(28(27)21-15-19(41-4)9-13-25(21)42-5)29(37)26(44-31)16-20-10-12-24(43-20)18-8-11-22(32)23(14-18)36(39)40/h8-16,28H,6-7H2,1-5H3/b26-16+/t28-/m0/s1. The lowest BCUT2D eigenvalue weighted by Crippen LogP contribution is -2.43. The van der Waals surface area contributed by atoms with E-state index in [9.17, 15) is 19.7 Å². The van der Waals surface area contributed by atoms with Gasteiger partial charge in [-0.2, -0.15) is 0 Å².